The minimum absolute atomic E-state index is 0.140. The number of esters is 2. The summed E-state index contributed by atoms with van der Waals surface area (Å²) in [5, 5.41) is 0. The van der Waals surface area contributed by atoms with Crippen molar-refractivity contribution < 1.29 is 23.8 Å². The van der Waals surface area contributed by atoms with Gasteiger partial charge in [0.15, 0.2) is 0 Å². The first-order valence-corrected chi connectivity index (χ1v) is 8.44. The molecule has 0 N–H and O–H groups in total. The predicted molar refractivity (Wildman–Crippen MR) is 89.1 cm³/mol. The Morgan fingerprint density at radius 3 is 1.40 bits per heavy atom. The Morgan fingerprint density at radius 2 is 1.08 bits per heavy atom. The van der Waals surface area contributed by atoms with Crippen molar-refractivity contribution in [3.63, 3.8) is 0 Å². The third-order valence-electron chi connectivity index (χ3n) is 4.51. The van der Waals surface area contributed by atoms with E-state index >= 15 is 0 Å². The van der Waals surface area contributed by atoms with Gasteiger partial charge < -0.3 is 14.2 Å². The third kappa shape index (κ3) is 3.50. The first-order chi connectivity index (χ1) is 12.2. The van der Waals surface area contributed by atoms with Crippen molar-refractivity contribution in [3.8, 4) is 11.5 Å². The molecule has 2 aliphatic rings. The Labute approximate surface area is 145 Å². The Hall–Kier alpha value is -2.82. The van der Waals surface area contributed by atoms with E-state index in [-0.39, 0.29) is 24.1 Å². The molecule has 2 fully saturated rings. The molecule has 0 saturated carbocycles. The monoisotopic (exact) mass is 338 g/mol. The summed E-state index contributed by atoms with van der Waals surface area (Å²) in [5.74, 6) is 1.15. The third-order valence-corrected chi connectivity index (χ3v) is 4.51. The summed E-state index contributed by atoms with van der Waals surface area (Å²) in [6.45, 7) is 0. The number of ether oxygens (including phenoxy) is 3. The van der Waals surface area contributed by atoms with Crippen LogP contribution in [0, 0.1) is 0 Å². The van der Waals surface area contributed by atoms with Gasteiger partial charge in [0.1, 0.15) is 23.7 Å². The van der Waals surface area contributed by atoms with Crippen LogP contribution in [-0.2, 0) is 19.1 Å². The van der Waals surface area contributed by atoms with Crippen LogP contribution in [0.1, 0.15) is 49.0 Å². The van der Waals surface area contributed by atoms with E-state index in [0.717, 1.165) is 24.0 Å². The molecule has 5 nitrogen and oxygen atoms in total. The molecule has 2 aliphatic heterocycles. The normalized spacial score (nSPS) is 22.6. The highest BCUT2D eigenvalue weighted by atomic mass is 16.6. The van der Waals surface area contributed by atoms with Gasteiger partial charge >= 0.3 is 11.9 Å². The summed E-state index contributed by atoms with van der Waals surface area (Å²) in [6.07, 6.45) is 2.13. The Balaban J connectivity index is 1.40. The quantitative estimate of drug-likeness (QED) is 0.781. The molecular weight excluding hydrogens is 320 g/mol. The van der Waals surface area contributed by atoms with E-state index in [1.165, 1.54) is 0 Å². The van der Waals surface area contributed by atoms with Crippen molar-refractivity contribution in [2.45, 2.75) is 37.9 Å². The fourth-order valence-electron chi connectivity index (χ4n) is 3.16. The molecule has 0 spiro atoms. The summed E-state index contributed by atoms with van der Waals surface area (Å²) < 4.78 is 16.4. The van der Waals surface area contributed by atoms with Gasteiger partial charge in [-0.1, -0.05) is 24.3 Å². The molecule has 2 aromatic rings. The average molecular weight is 338 g/mol. The number of rotatable bonds is 4. The lowest BCUT2D eigenvalue weighted by Crippen LogP contribution is -1.99. The maximum Gasteiger partial charge on any atom is 0.306 e. The van der Waals surface area contributed by atoms with Crippen molar-refractivity contribution in [2.24, 2.45) is 0 Å². The zero-order chi connectivity index (χ0) is 17.2. The number of hydrogen-bond donors (Lipinski definition) is 0. The van der Waals surface area contributed by atoms with Gasteiger partial charge in [0, 0.05) is 12.8 Å². The molecule has 0 amide bonds. The molecule has 0 aromatic heterocycles. The molecule has 2 saturated heterocycles. The highest BCUT2D eigenvalue weighted by molar-refractivity contribution is 5.72. The molecule has 0 radical (unpaired) electrons. The van der Waals surface area contributed by atoms with E-state index in [1.807, 2.05) is 48.5 Å². The van der Waals surface area contributed by atoms with Crippen molar-refractivity contribution in [3.05, 3.63) is 59.7 Å². The molecule has 2 atom stereocenters. The van der Waals surface area contributed by atoms with Crippen LogP contribution in [0.2, 0.25) is 0 Å². The Morgan fingerprint density at radius 1 is 0.680 bits per heavy atom. The largest absolute Gasteiger partial charge is 0.457 e. The number of carbonyl (C=O) groups excluding carboxylic acids is 2. The maximum absolute atomic E-state index is 11.2. The molecule has 0 bridgehead atoms. The highest BCUT2D eigenvalue weighted by Crippen LogP contribution is 2.33. The van der Waals surface area contributed by atoms with Crippen LogP contribution in [0.15, 0.2) is 48.5 Å². The number of hydrogen-bond acceptors (Lipinski definition) is 5. The van der Waals surface area contributed by atoms with E-state index in [1.54, 1.807) is 0 Å². The molecule has 0 aliphatic carbocycles. The van der Waals surface area contributed by atoms with E-state index in [2.05, 4.69) is 0 Å². The van der Waals surface area contributed by atoms with E-state index in [4.69, 9.17) is 14.2 Å². The van der Waals surface area contributed by atoms with Gasteiger partial charge in [0.25, 0.3) is 0 Å². The van der Waals surface area contributed by atoms with Gasteiger partial charge in [-0.2, -0.15) is 0 Å². The van der Waals surface area contributed by atoms with E-state index < -0.39 is 0 Å². The summed E-state index contributed by atoms with van der Waals surface area (Å²) in [6, 6.07) is 15.2. The van der Waals surface area contributed by atoms with Crippen molar-refractivity contribution in [2.75, 3.05) is 0 Å². The predicted octanol–water partition coefficient (Wildman–Crippen LogP) is 4.24. The van der Waals surface area contributed by atoms with Crippen molar-refractivity contribution >= 4 is 11.9 Å². The summed E-state index contributed by atoms with van der Waals surface area (Å²) in [7, 11) is 0. The number of benzene rings is 2. The summed E-state index contributed by atoms with van der Waals surface area (Å²) in [4.78, 5) is 22.4. The topological polar surface area (TPSA) is 61.8 Å². The summed E-state index contributed by atoms with van der Waals surface area (Å²) >= 11 is 0. The molecule has 4 rings (SSSR count). The molecule has 5 heteroatoms. The van der Waals surface area contributed by atoms with Crippen LogP contribution in [0.5, 0.6) is 11.5 Å². The smallest absolute Gasteiger partial charge is 0.306 e. The zero-order valence-electron chi connectivity index (χ0n) is 13.6. The second-order valence-electron chi connectivity index (χ2n) is 6.27. The molecule has 128 valence electrons. The maximum atomic E-state index is 11.2. The molecule has 2 heterocycles. The van der Waals surface area contributed by atoms with Crippen LogP contribution >= 0.6 is 0 Å². The van der Waals surface area contributed by atoms with E-state index in [9.17, 15) is 9.59 Å². The van der Waals surface area contributed by atoms with Crippen LogP contribution in [0.3, 0.4) is 0 Å². The van der Waals surface area contributed by atoms with Gasteiger partial charge in [-0.25, -0.2) is 0 Å². The fourth-order valence-corrected chi connectivity index (χ4v) is 3.16. The molecule has 25 heavy (non-hydrogen) atoms. The number of carbonyl (C=O) groups is 2. The second kappa shape index (κ2) is 6.59. The van der Waals surface area contributed by atoms with Gasteiger partial charge in [-0.15, -0.1) is 0 Å². The van der Waals surface area contributed by atoms with Crippen LogP contribution in [0.4, 0.5) is 0 Å². The lowest BCUT2D eigenvalue weighted by molar-refractivity contribution is -0.142. The Kier molecular flexibility index (Phi) is 4.14. The van der Waals surface area contributed by atoms with Crippen molar-refractivity contribution in [1.29, 1.82) is 0 Å². The van der Waals surface area contributed by atoms with Crippen molar-refractivity contribution in [1.82, 2.24) is 0 Å². The first kappa shape index (κ1) is 15.7. The lowest BCUT2D eigenvalue weighted by Gasteiger charge is -2.12. The van der Waals surface area contributed by atoms with Gasteiger partial charge in [0.05, 0.1) is 0 Å². The van der Waals surface area contributed by atoms with Crippen LogP contribution in [-0.4, -0.2) is 11.9 Å². The molecule has 2 unspecified atom stereocenters. The molecular formula is C20H18O5. The lowest BCUT2D eigenvalue weighted by atomic mass is 10.1. The van der Waals surface area contributed by atoms with Gasteiger partial charge in [-0.05, 0) is 48.2 Å². The van der Waals surface area contributed by atoms with Gasteiger partial charge in [-0.3, -0.25) is 9.59 Å². The fraction of sp³-hybridized carbons (Fsp3) is 0.300. The SMILES string of the molecule is O=C1CCC(c2ccc(Oc3ccc(C4CCC(=O)O4)cc3)cc2)O1. The van der Waals surface area contributed by atoms with Crippen LogP contribution < -0.4 is 4.74 Å². The molecule has 2 aromatic carbocycles. The minimum atomic E-state index is -0.144. The van der Waals surface area contributed by atoms with E-state index in [0.29, 0.717) is 24.3 Å². The Bertz CT molecular complexity index is 711. The first-order valence-electron chi connectivity index (χ1n) is 8.44. The highest BCUT2D eigenvalue weighted by Gasteiger charge is 2.25. The minimum Gasteiger partial charge on any atom is -0.457 e. The standard InChI is InChI=1S/C20H18O5/c21-19-11-9-17(24-19)13-1-5-15(6-2-13)23-16-7-3-14(4-8-16)18-10-12-20(22)25-18/h1-8,17-18H,9-12H2. The average Bonchev–Trinajstić information content (AvgIpc) is 3.25. The van der Waals surface area contributed by atoms with Crippen LogP contribution in [0.25, 0.3) is 0 Å². The number of cyclic esters (lactones) is 2. The summed E-state index contributed by atoms with van der Waals surface area (Å²) in [5.41, 5.74) is 1.97. The zero-order valence-corrected chi connectivity index (χ0v) is 13.6. The van der Waals surface area contributed by atoms with Gasteiger partial charge in [0.2, 0.25) is 0 Å². The second-order valence-corrected chi connectivity index (χ2v) is 6.27.